The molecule has 8 nitrogen and oxygen atoms in total. The van der Waals surface area contributed by atoms with Gasteiger partial charge in [-0.3, -0.25) is 9.59 Å². The normalized spacial score (nSPS) is 11.6. The third-order valence-electron chi connectivity index (χ3n) is 4.46. The Morgan fingerprint density at radius 2 is 1.79 bits per heavy atom. The van der Waals surface area contributed by atoms with Crippen molar-refractivity contribution in [3.05, 3.63) is 48.2 Å². The molecular formula is C21H23N3O5. The van der Waals surface area contributed by atoms with Crippen molar-refractivity contribution in [2.45, 2.75) is 13.0 Å². The number of aromatic amines is 1. The molecule has 3 rings (SSSR count). The van der Waals surface area contributed by atoms with Crippen molar-refractivity contribution in [1.82, 2.24) is 10.3 Å². The van der Waals surface area contributed by atoms with Crippen molar-refractivity contribution < 1.29 is 23.8 Å². The van der Waals surface area contributed by atoms with Crippen molar-refractivity contribution in [3.63, 3.8) is 0 Å². The summed E-state index contributed by atoms with van der Waals surface area (Å²) in [6.07, 6.45) is 0. The molecule has 0 aliphatic carbocycles. The molecule has 3 aromatic rings. The number of anilines is 1. The van der Waals surface area contributed by atoms with Crippen molar-refractivity contribution in [2.75, 3.05) is 26.6 Å². The van der Waals surface area contributed by atoms with E-state index in [1.54, 1.807) is 63.6 Å². The van der Waals surface area contributed by atoms with Gasteiger partial charge in [-0.25, -0.2) is 0 Å². The van der Waals surface area contributed by atoms with E-state index in [0.29, 0.717) is 34.0 Å². The maximum absolute atomic E-state index is 12.6. The van der Waals surface area contributed by atoms with E-state index in [2.05, 4.69) is 15.6 Å². The molecule has 3 N–H and O–H groups in total. The zero-order valence-electron chi connectivity index (χ0n) is 16.7. The lowest BCUT2D eigenvalue weighted by Gasteiger charge is -2.14. The molecule has 0 saturated heterocycles. The summed E-state index contributed by atoms with van der Waals surface area (Å²) in [7, 11) is 4.64. The SMILES string of the molecule is COc1cccc(NC(=O)[C@H](C)NC(=O)c2cc3c(OC)c(OC)ccc3[nH]2)c1. The van der Waals surface area contributed by atoms with Crippen LogP contribution in [0.25, 0.3) is 10.9 Å². The van der Waals surface area contributed by atoms with E-state index < -0.39 is 11.9 Å². The van der Waals surface area contributed by atoms with E-state index in [9.17, 15) is 9.59 Å². The number of methoxy groups -OCH3 is 3. The van der Waals surface area contributed by atoms with Gasteiger partial charge < -0.3 is 29.8 Å². The van der Waals surface area contributed by atoms with E-state index in [0.717, 1.165) is 5.52 Å². The van der Waals surface area contributed by atoms with Gasteiger partial charge >= 0.3 is 0 Å². The molecule has 1 aromatic heterocycles. The quantitative estimate of drug-likeness (QED) is 0.569. The topological polar surface area (TPSA) is 102 Å². The second kappa shape index (κ2) is 8.55. The number of amides is 2. The molecule has 0 bridgehead atoms. The van der Waals surface area contributed by atoms with Gasteiger partial charge in [0.15, 0.2) is 11.5 Å². The highest BCUT2D eigenvalue weighted by atomic mass is 16.5. The summed E-state index contributed by atoms with van der Waals surface area (Å²) in [6, 6.07) is 11.4. The summed E-state index contributed by atoms with van der Waals surface area (Å²) in [4.78, 5) is 28.1. The van der Waals surface area contributed by atoms with E-state index >= 15 is 0 Å². The van der Waals surface area contributed by atoms with Gasteiger partial charge in [-0.05, 0) is 37.3 Å². The van der Waals surface area contributed by atoms with Gasteiger partial charge in [0.05, 0.1) is 26.8 Å². The Bertz CT molecular complexity index is 1040. The van der Waals surface area contributed by atoms with Crippen LogP contribution in [0, 0.1) is 0 Å². The molecule has 8 heteroatoms. The number of nitrogens with one attached hydrogen (secondary N) is 3. The summed E-state index contributed by atoms with van der Waals surface area (Å²) < 4.78 is 15.8. The van der Waals surface area contributed by atoms with E-state index in [-0.39, 0.29) is 5.91 Å². The molecule has 0 saturated carbocycles. The van der Waals surface area contributed by atoms with Gasteiger partial charge in [0.2, 0.25) is 5.91 Å². The molecule has 0 aliphatic rings. The van der Waals surface area contributed by atoms with Gasteiger partial charge in [-0.15, -0.1) is 0 Å². The number of carbonyl (C=O) groups excluding carboxylic acids is 2. The zero-order valence-corrected chi connectivity index (χ0v) is 16.7. The van der Waals surface area contributed by atoms with E-state index in [1.807, 2.05) is 0 Å². The Morgan fingerprint density at radius 1 is 1.00 bits per heavy atom. The fourth-order valence-corrected chi connectivity index (χ4v) is 2.94. The predicted octanol–water partition coefficient (Wildman–Crippen LogP) is 2.95. The smallest absolute Gasteiger partial charge is 0.268 e. The second-order valence-electron chi connectivity index (χ2n) is 6.36. The summed E-state index contributed by atoms with van der Waals surface area (Å²) in [5, 5.41) is 6.15. The number of ether oxygens (including phenoxy) is 3. The lowest BCUT2D eigenvalue weighted by Crippen LogP contribution is -2.41. The minimum absolute atomic E-state index is 0.313. The average Bonchev–Trinajstić information content (AvgIpc) is 3.17. The molecule has 0 spiro atoms. The summed E-state index contributed by atoms with van der Waals surface area (Å²) in [5.74, 6) is 0.973. The minimum Gasteiger partial charge on any atom is -0.497 e. The first kappa shape index (κ1) is 20.1. The Labute approximate surface area is 168 Å². The van der Waals surface area contributed by atoms with Crippen molar-refractivity contribution in [3.8, 4) is 17.2 Å². The van der Waals surface area contributed by atoms with Crippen LogP contribution in [-0.4, -0.2) is 44.2 Å². The number of hydrogen-bond donors (Lipinski definition) is 3. The molecular weight excluding hydrogens is 374 g/mol. The first-order chi connectivity index (χ1) is 14.0. The number of rotatable bonds is 7. The molecule has 0 aliphatic heterocycles. The largest absolute Gasteiger partial charge is 0.497 e. The molecule has 0 unspecified atom stereocenters. The fraction of sp³-hybridized carbons (Fsp3) is 0.238. The third kappa shape index (κ3) is 4.26. The molecule has 2 aromatic carbocycles. The third-order valence-corrected chi connectivity index (χ3v) is 4.46. The molecule has 152 valence electrons. The molecule has 29 heavy (non-hydrogen) atoms. The van der Waals surface area contributed by atoms with Gasteiger partial charge in [-0.1, -0.05) is 6.07 Å². The summed E-state index contributed by atoms with van der Waals surface area (Å²) >= 11 is 0. The van der Waals surface area contributed by atoms with Crippen LogP contribution >= 0.6 is 0 Å². The molecule has 0 fully saturated rings. The minimum atomic E-state index is -0.753. The Kier molecular flexibility index (Phi) is 5.92. The van der Waals surface area contributed by atoms with Crippen molar-refractivity contribution in [2.24, 2.45) is 0 Å². The number of benzene rings is 2. The summed E-state index contributed by atoms with van der Waals surface area (Å²) in [5.41, 5.74) is 1.62. The highest BCUT2D eigenvalue weighted by molar-refractivity contribution is 6.03. The molecule has 1 heterocycles. The van der Waals surface area contributed by atoms with Gasteiger partial charge in [0, 0.05) is 17.1 Å². The van der Waals surface area contributed by atoms with Crippen LogP contribution < -0.4 is 24.8 Å². The fourth-order valence-electron chi connectivity index (χ4n) is 2.94. The van der Waals surface area contributed by atoms with Crippen LogP contribution in [0.15, 0.2) is 42.5 Å². The number of H-pyrrole nitrogens is 1. The van der Waals surface area contributed by atoms with Crippen LogP contribution in [0.5, 0.6) is 17.2 Å². The standard InChI is InChI=1S/C21H23N3O5/c1-12(20(25)23-13-6-5-7-14(10-13)27-2)22-21(26)17-11-15-16(24-17)8-9-18(28-3)19(15)29-4/h5-12,24H,1-4H3,(H,22,26)(H,23,25)/t12-/m0/s1. The van der Waals surface area contributed by atoms with E-state index in [4.69, 9.17) is 14.2 Å². The Hall–Kier alpha value is -3.68. The second-order valence-corrected chi connectivity index (χ2v) is 6.36. The van der Waals surface area contributed by atoms with Gasteiger partial charge in [-0.2, -0.15) is 0 Å². The number of carbonyl (C=O) groups is 2. The van der Waals surface area contributed by atoms with Crippen LogP contribution in [0.4, 0.5) is 5.69 Å². The lowest BCUT2D eigenvalue weighted by molar-refractivity contribution is -0.117. The maximum atomic E-state index is 12.6. The number of aromatic nitrogens is 1. The van der Waals surface area contributed by atoms with Crippen molar-refractivity contribution in [1.29, 1.82) is 0 Å². The predicted molar refractivity (Wildman–Crippen MR) is 110 cm³/mol. The molecule has 0 radical (unpaired) electrons. The van der Waals surface area contributed by atoms with Gasteiger partial charge in [0.1, 0.15) is 17.5 Å². The highest BCUT2D eigenvalue weighted by Gasteiger charge is 2.20. The number of hydrogen-bond acceptors (Lipinski definition) is 5. The first-order valence-electron chi connectivity index (χ1n) is 8.96. The highest BCUT2D eigenvalue weighted by Crippen LogP contribution is 2.35. The average molecular weight is 397 g/mol. The van der Waals surface area contributed by atoms with Crippen LogP contribution in [0.3, 0.4) is 0 Å². The maximum Gasteiger partial charge on any atom is 0.268 e. The molecule has 2 amide bonds. The zero-order chi connectivity index (χ0) is 21.0. The summed E-state index contributed by atoms with van der Waals surface area (Å²) in [6.45, 7) is 1.61. The number of fused-ring (bicyclic) bond motifs is 1. The van der Waals surface area contributed by atoms with Crippen molar-refractivity contribution >= 4 is 28.4 Å². The lowest BCUT2D eigenvalue weighted by atomic mass is 10.2. The van der Waals surface area contributed by atoms with E-state index in [1.165, 1.54) is 7.11 Å². The van der Waals surface area contributed by atoms with Crippen LogP contribution in [0.1, 0.15) is 17.4 Å². The first-order valence-corrected chi connectivity index (χ1v) is 8.96. The van der Waals surface area contributed by atoms with Gasteiger partial charge in [0.25, 0.3) is 5.91 Å². The Morgan fingerprint density at radius 3 is 2.48 bits per heavy atom. The van der Waals surface area contributed by atoms with Crippen LogP contribution in [-0.2, 0) is 4.79 Å². The van der Waals surface area contributed by atoms with Crippen LogP contribution in [0.2, 0.25) is 0 Å². The Balaban J connectivity index is 1.72. The monoisotopic (exact) mass is 397 g/mol. The molecule has 1 atom stereocenters.